The molecule has 2 aromatic heterocycles. The third kappa shape index (κ3) is 4.93. The molecule has 172 valence electrons. The van der Waals surface area contributed by atoms with E-state index in [1.165, 1.54) is 12.1 Å². The monoisotopic (exact) mass is 451 g/mol. The van der Waals surface area contributed by atoms with Crippen molar-refractivity contribution in [1.29, 1.82) is 0 Å². The molecule has 1 aliphatic carbocycles. The molecule has 0 bridgehead atoms. The van der Waals surface area contributed by atoms with E-state index in [4.69, 9.17) is 20.0 Å². The summed E-state index contributed by atoms with van der Waals surface area (Å²) < 4.78 is 24.6. The minimum atomic E-state index is -0.339. The Bertz CT molecular complexity index is 1180. The van der Waals surface area contributed by atoms with E-state index in [1.54, 1.807) is 26.4 Å². The predicted octanol–water partition coefficient (Wildman–Crippen LogP) is 3.67. The lowest BCUT2D eigenvalue weighted by Crippen LogP contribution is -2.24. The van der Waals surface area contributed by atoms with Gasteiger partial charge in [0.2, 0.25) is 11.8 Å². The van der Waals surface area contributed by atoms with E-state index < -0.39 is 0 Å². The van der Waals surface area contributed by atoms with Crippen molar-refractivity contribution in [3.05, 3.63) is 64.7 Å². The van der Waals surface area contributed by atoms with Crippen molar-refractivity contribution in [1.82, 2.24) is 15.0 Å². The first-order valence-corrected chi connectivity index (χ1v) is 10.6. The summed E-state index contributed by atoms with van der Waals surface area (Å²) in [5, 5.41) is 4.38. The molecule has 0 radical (unpaired) electrons. The van der Waals surface area contributed by atoms with Crippen LogP contribution in [-0.2, 0) is 16.0 Å². The number of nitrogens with zero attached hydrogens (tertiary/aromatic N) is 4. The summed E-state index contributed by atoms with van der Waals surface area (Å²) >= 11 is 0. The van der Waals surface area contributed by atoms with Crippen LogP contribution in [-0.4, -0.2) is 48.1 Å². The molecule has 1 aromatic carbocycles. The fourth-order valence-corrected chi connectivity index (χ4v) is 4.15. The minimum absolute atomic E-state index is 0.0421. The molecule has 2 N–H and O–H groups in total. The van der Waals surface area contributed by atoms with Gasteiger partial charge in [-0.1, -0.05) is 17.3 Å². The quantitative estimate of drug-likeness (QED) is 0.432. The molecule has 33 heavy (non-hydrogen) atoms. The largest absolute Gasteiger partial charge is 0.481 e. The number of pyridine rings is 1. The highest BCUT2D eigenvalue weighted by atomic mass is 19.1. The van der Waals surface area contributed by atoms with Gasteiger partial charge in [0.1, 0.15) is 12.4 Å². The van der Waals surface area contributed by atoms with E-state index in [1.807, 2.05) is 19.1 Å². The second-order valence-electron chi connectivity index (χ2n) is 7.75. The van der Waals surface area contributed by atoms with Crippen LogP contribution in [0.25, 0.3) is 11.3 Å². The number of halogens is 1. The highest BCUT2D eigenvalue weighted by Crippen LogP contribution is 2.38. The number of anilines is 1. The van der Waals surface area contributed by atoms with Gasteiger partial charge in [-0.15, -0.1) is 0 Å². The van der Waals surface area contributed by atoms with Gasteiger partial charge in [-0.3, -0.25) is 0 Å². The van der Waals surface area contributed by atoms with Crippen molar-refractivity contribution in [2.24, 2.45) is 5.16 Å². The SMILES string of the molecule is COCCO/N=C1\C[C@@H](c2ccc(F)cc2-c2cccc(OC)n2)Cc2nc(N)nc(C)c21. The van der Waals surface area contributed by atoms with Gasteiger partial charge in [-0.25, -0.2) is 19.3 Å². The van der Waals surface area contributed by atoms with Gasteiger partial charge >= 0.3 is 0 Å². The summed E-state index contributed by atoms with van der Waals surface area (Å²) in [6.07, 6.45) is 1.17. The number of benzene rings is 1. The summed E-state index contributed by atoms with van der Waals surface area (Å²) in [4.78, 5) is 18.8. The smallest absolute Gasteiger partial charge is 0.220 e. The zero-order valence-corrected chi connectivity index (χ0v) is 18.8. The van der Waals surface area contributed by atoms with Crippen LogP contribution in [0.15, 0.2) is 41.6 Å². The molecule has 2 heterocycles. The second-order valence-corrected chi connectivity index (χ2v) is 7.75. The van der Waals surface area contributed by atoms with E-state index in [-0.39, 0.29) is 17.7 Å². The van der Waals surface area contributed by atoms with Crippen LogP contribution < -0.4 is 10.5 Å². The number of methoxy groups -OCH3 is 2. The summed E-state index contributed by atoms with van der Waals surface area (Å²) in [5.74, 6) is 0.287. The summed E-state index contributed by atoms with van der Waals surface area (Å²) in [5.41, 5.74) is 11.3. The Hall–Kier alpha value is -3.59. The standard InChI is InChI=1S/C24H26FN5O3/c1-14-23-20(29-24(26)27-14)11-15(12-21(23)30-33-10-9-31-2)17-8-7-16(25)13-18(17)19-5-4-6-22(28-19)32-3/h4-8,13,15H,9-12H2,1-3H3,(H2,26,27,29)/b30-21+/t15-/m0/s1. The maximum Gasteiger partial charge on any atom is 0.220 e. The van der Waals surface area contributed by atoms with Crippen LogP contribution in [0.5, 0.6) is 5.88 Å². The Morgan fingerprint density at radius 2 is 1.94 bits per heavy atom. The highest BCUT2D eigenvalue weighted by Gasteiger charge is 2.31. The fourth-order valence-electron chi connectivity index (χ4n) is 4.15. The van der Waals surface area contributed by atoms with Crippen LogP contribution in [0.1, 0.15) is 34.9 Å². The lowest BCUT2D eigenvalue weighted by Gasteiger charge is -2.27. The van der Waals surface area contributed by atoms with Crippen LogP contribution in [0, 0.1) is 12.7 Å². The lowest BCUT2D eigenvalue weighted by atomic mass is 9.79. The number of aromatic nitrogens is 3. The molecule has 0 fully saturated rings. The molecule has 1 aliphatic rings. The van der Waals surface area contributed by atoms with Crippen molar-refractivity contribution in [3.63, 3.8) is 0 Å². The van der Waals surface area contributed by atoms with E-state index in [0.29, 0.717) is 43.2 Å². The molecular weight excluding hydrogens is 425 g/mol. The van der Waals surface area contributed by atoms with Crippen molar-refractivity contribution < 1.29 is 18.7 Å². The Balaban J connectivity index is 1.78. The van der Waals surface area contributed by atoms with Gasteiger partial charge in [0, 0.05) is 30.7 Å². The average Bonchev–Trinajstić information content (AvgIpc) is 2.81. The van der Waals surface area contributed by atoms with E-state index in [9.17, 15) is 4.39 Å². The summed E-state index contributed by atoms with van der Waals surface area (Å²) in [6, 6.07) is 10.2. The van der Waals surface area contributed by atoms with Gasteiger partial charge in [-0.2, -0.15) is 0 Å². The number of nitrogen functional groups attached to an aromatic ring is 1. The molecule has 0 saturated heterocycles. The highest BCUT2D eigenvalue weighted by molar-refractivity contribution is 6.03. The Morgan fingerprint density at radius 3 is 2.73 bits per heavy atom. The lowest BCUT2D eigenvalue weighted by molar-refractivity contribution is 0.0747. The van der Waals surface area contributed by atoms with Gasteiger partial charge in [0.15, 0.2) is 0 Å². The van der Waals surface area contributed by atoms with Gasteiger partial charge < -0.3 is 20.0 Å². The number of ether oxygens (including phenoxy) is 2. The molecule has 8 nitrogen and oxygen atoms in total. The molecule has 1 atom stereocenters. The molecule has 9 heteroatoms. The van der Waals surface area contributed by atoms with Gasteiger partial charge in [0.05, 0.1) is 36.5 Å². The van der Waals surface area contributed by atoms with Crippen molar-refractivity contribution in [2.75, 3.05) is 33.2 Å². The summed E-state index contributed by atoms with van der Waals surface area (Å²) in [7, 11) is 3.15. The third-order valence-corrected chi connectivity index (χ3v) is 5.57. The van der Waals surface area contributed by atoms with E-state index in [0.717, 1.165) is 28.2 Å². The first-order valence-electron chi connectivity index (χ1n) is 10.6. The zero-order valence-electron chi connectivity index (χ0n) is 18.8. The molecule has 0 amide bonds. The maximum absolute atomic E-state index is 14.3. The average molecular weight is 452 g/mol. The molecule has 3 aromatic rings. The first kappa shape index (κ1) is 22.6. The predicted molar refractivity (Wildman–Crippen MR) is 123 cm³/mol. The number of aryl methyl sites for hydroxylation is 1. The second kappa shape index (κ2) is 9.91. The maximum atomic E-state index is 14.3. The van der Waals surface area contributed by atoms with Crippen LogP contribution in [0.4, 0.5) is 10.3 Å². The topological polar surface area (TPSA) is 105 Å². The van der Waals surface area contributed by atoms with Crippen LogP contribution in [0.2, 0.25) is 0 Å². The molecule has 0 spiro atoms. The first-order chi connectivity index (χ1) is 16.0. The van der Waals surface area contributed by atoms with Crippen LogP contribution >= 0.6 is 0 Å². The van der Waals surface area contributed by atoms with E-state index in [2.05, 4.69) is 20.1 Å². The Labute approximate surface area is 191 Å². The zero-order chi connectivity index (χ0) is 23.4. The van der Waals surface area contributed by atoms with Crippen molar-refractivity contribution in [2.45, 2.75) is 25.7 Å². The van der Waals surface area contributed by atoms with Gasteiger partial charge in [-0.05, 0) is 43.0 Å². The fraction of sp³-hybridized carbons (Fsp3) is 0.333. The van der Waals surface area contributed by atoms with Gasteiger partial charge in [0.25, 0.3) is 0 Å². The van der Waals surface area contributed by atoms with Crippen molar-refractivity contribution in [3.8, 4) is 17.1 Å². The number of rotatable bonds is 7. The molecule has 0 aliphatic heterocycles. The molecule has 0 saturated carbocycles. The number of hydrogen-bond acceptors (Lipinski definition) is 8. The number of fused-ring (bicyclic) bond motifs is 1. The summed E-state index contributed by atoms with van der Waals surface area (Å²) in [6.45, 7) is 2.63. The number of hydrogen-bond donors (Lipinski definition) is 1. The third-order valence-electron chi connectivity index (χ3n) is 5.57. The molecular formula is C24H26FN5O3. The Kier molecular flexibility index (Phi) is 6.79. The minimum Gasteiger partial charge on any atom is -0.481 e. The van der Waals surface area contributed by atoms with Crippen LogP contribution in [0.3, 0.4) is 0 Å². The molecule has 4 rings (SSSR count). The van der Waals surface area contributed by atoms with Crippen molar-refractivity contribution >= 4 is 11.7 Å². The Morgan fingerprint density at radius 1 is 1.09 bits per heavy atom. The number of oxime groups is 1. The number of nitrogens with two attached hydrogens (primary N) is 1. The van der Waals surface area contributed by atoms with E-state index >= 15 is 0 Å². The molecule has 0 unspecified atom stereocenters. The normalized spacial score (nSPS) is 16.5.